The molecule has 1 aromatic heterocycles. The first kappa shape index (κ1) is 22.0. The quantitative estimate of drug-likeness (QED) is 0.629. The van der Waals surface area contributed by atoms with Crippen LogP contribution in [0.25, 0.3) is 6.08 Å². The summed E-state index contributed by atoms with van der Waals surface area (Å²) < 4.78 is 28.7. The van der Waals surface area contributed by atoms with E-state index in [1.54, 1.807) is 6.07 Å². The molecule has 10 heteroatoms. The van der Waals surface area contributed by atoms with Crippen molar-refractivity contribution in [3.63, 3.8) is 0 Å². The number of alkyl halides is 2. The van der Waals surface area contributed by atoms with Gasteiger partial charge in [0.05, 0.1) is 10.5 Å². The van der Waals surface area contributed by atoms with Gasteiger partial charge in [0.2, 0.25) is 0 Å². The molecule has 0 saturated carbocycles. The summed E-state index contributed by atoms with van der Waals surface area (Å²) in [6.45, 7) is 1.05. The number of thiophene rings is 1. The highest BCUT2D eigenvalue weighted by molar-refractivity contribution is 8.18. The molecule has 0 bridgehead atoms. The van der Waals surface area contributed by atoms with Crippen molar-refractivity contribution in [3.05, 3.63) is 56.1 Å². The van der Waals surface area contributed by atoms with Gasteiger partial charge >= 0.3 is 6.61 Å². The fourth-order valence-corrected chi connectivity index (χ4v) is 4.61. The van der Waals surface area contributed by atoms with Crippen molar-refractivity contribution in [1.29, 1.82) is 0 Å². The van der Waals surface area contributed by atoms with Crippen LogP contribution in [-0.2, 0) is 4.79 Å². The maximum Gasteiger partial charge on any atom is 0.387 e. The van der Waals surface area contributed by atoms with E-state index in [2.05, 4.69) is 10.1 Å². The summed E-state index contributed by atoms with van der Waals surface area (Å²) in [6, 6.07) is 7.53. The summed E-state index contributed by atoms with van der Waals surface area (Å²) >= 11 is 2.32. The molecule has 6 nitrogen and oxygen atoms in total. The molecule has 0 atom stereocenters. The summed E-state index contributed by atoms with van der Waals surface area (Å²) in [5.74, 6) is -0.706. The average molecular weight is 453 g/mol. The fraction of sp³-hybridized carbons (Fsp3) is 0.250. The number of thioether (sulfide) groups is 1. The first-order valence-electron chi connectivity index (χ1n) is 8.90. The van der Waals surface area contributed by atoms with Crippen LogP contribution in [0.4, 0.5) is 13.6 Å². The van der Waals surface area contributed by atoms with Crippen LogP contribution < -0.4 is 10.1 Å². The second-order valence-corrected chi connectivity index (χ2v) is 8.82. The van der Waals surface area contributed by atoms with E-state index in [1.807, 2.05) is 13.8 Å². The Morgan fingerprint density at radius 1 is 1.23 bits per heavy atom. The molecule has 3 amide bonds. The van der Waals surface area contributed by atoms with Gasteiger partial charge in [0.1, 0.15) is 5.75 Å². The first-order chi connectivity index (χ1) is 14.2. The van der Waals surface area contributed by atoms with Gasteiger partial charge in [-0.25, -0.2) is 0 Å². The number of benzene rings is 1. The number of ether oxygens (including phenoxy) is 1. The van der Waals surface area contributed by atoms with Gasteiger partial charge in [0.15, 0.2) is 0 Å². The molecule has 30 heavy (non-hydrogen) atoms. The van der Waals surface area contributed by atoms with Crippen LogP contribution in [0.2, 0.25) is 0 Å². The van der Waals surface area contributed by atoms with E-state index < -0.39 is 17.8 Å². The van der Waals surface area contributed by atoms with Gasteiger partial charge in [0, 0.05) is 22.8 Å². The molecule has 1 aromatic carbocycles. The SMILES string of the molecule is Cc1cc(C(=O)NCCN2C(=O)SC(=Cc3ccc(OC(F)F)cc3)C2=O)c(C)s1. The van der Waals surface area contributed by atoms with Gasteiger partial charge in [-0.3, -0.25) is 19.3 Å². The van der Waals surface area contributed by atoms with E-state index in [0.717, 1.165) is 26.4 Å². The topological polar surface area (TPSA) is 75.7 Å². The van der Waals surface area contributed by atoms with Crippen molar-refractivity contribution >= 4 is 46.2 Å². The lowest BCUT2D eigenvalue weighted by atomic mass is 10.2. The highest BCUT2D eigenvalue weighted by Crippen LogP contribution is 2.32. The molecule has 158 valence electrons. The zero-order valence-electron chi connectivity index (χ0n) is 16.1. The summed E-state index contributed by atoms with van der Waals surface area (Å²) in [4.78, 5) is 40.2. The van der Waals surface area contributed by atoms with Gasteiger partial charge in [-0.15, -0.1) is 11.3 Å². The maximum absolute atomic E-state index is 12.5. The third kappa shape index (κ3) is 5.25. The van der Waals surface area contributed by atoms with Gasteiger partial charge in [-0.05, 0) is 55.4 Å². The summed E-state index contributed by atoms with van der Waals surface area (Å²) in [6.07, 6.45) is 1.51. The van der Waals surface area contributed by atoms with Gasteiger partial charge in [0.25, 0.3) is 17.1 Å². The molecule has 0 radical (unpaired) electrons. The molecule has 3 rings (SSSR count). The number of halogens is 2. The Morgan fingerprint density at radius 3 is 2.53 bits per heavy atom. The van der Waals surface area contributed by atoms with Crippen LogP contribution in [0.1, 0.15) is 25.7 Å². The predicted octanol–water partition coefficient (Wildman–Crippen LogP) is 4.43. The number of hydrogen-bond acceptors (Lipinski definition) is 6. The van der Waals surface area contributed by atoms with E-state index in [9.17, 15) is 23.2 Å². The summed E-state index contributed by atoms with van der Waals surface area (Å²) in [7, 11) is 0. The molecule has 0 spiro atoms. The minimum absolute atomic E-state index is 0.00190. The maximum atomic E-state index is 12.5. The van der Waals surface area contributed by atoms with Crippen molar-refractivity contribution in [2.75, 3.05) is 13.1 Å². The van der Waals surface area contributed by atoms with Crippen molar-refractivity contribution < 1.29 is 27.9 Å². The van der Waals surface area contributed by atoms with Crippen LogP contribution in [0.15, 0.2) is 35.2 Å². The van der Waals surface area contributed by atoms with Crippen LogP contribution in [0, 0.1) is 13.8 Å². The number of rotatable bonds is 7. The van der Waals surface area contributed by atoms with Gasteiger partial charge in [-0.2, -0.15) is 8.78 Å². The first-order valence-corrected chi connectivity index (χ1v) is 10.5. The predicted molar refractivity (Wildman–Crippen MR) is 112 cm³/mol. The van der Waals surface area contributed by atoms with Crippen LogP contribution in [-0.4, -0.2) is 41.7 Å². The van der Waals surface area contributed by atoms with Gasteiger partial charge in [-0.1, -0.05) is 12.1 Å². The van der Waals surface area contributed by atoms with E-state index in [1.165, 1.54) is 41.7 Å². The molecule has 0 unspecified atom stereocenters. The molecule has 2 heterocycles. The Bertz CT molecular complexity index is 1000. The Morgan fingerprint density at radius 2 is 1.93 bits per heavy atom. The van der Waals surface area contributed by atoms with E-state index in [-0.39, 0.29) is 29.7 Å². The highest BCUT2D eigenvalue weighted by atomic mass is 32.2. The van der Waals surface area contributed by atoms with Crippen molar-refractivity contribution in [1.82, 2.24) is 10.2 Å². The number of nitrogens with zero attached hydrogens (tertiary/aromatic N) is 1. The summed E-state index contributed by atoms with van der Waals surface area (Å²) in [5.41, 5.74) is 1.16. The number of amides is 3. The van der Waals surface area contributed by atoms with Gasteiger partial charge < -0.3 is 10.1 Å². The lowest BCUT2D eigenvalue weighted by Crippen LogP contribution is -2.37. The molecular weight excluding hydrogens is 434 g/mol. The largest absolute Gasteiger partial charge is 0.435 e. The number of nitrogens with one attached hydrogen (secondary N) is 1. The zero-order chi connectivity index (χ0) is 21.8. The molecule has 1 saturated heterocycles. The minimum atomic E-state index is -2.92. The fourth-order valence-electron chi connectivity index (χ4n) is 2.82. The molecule has 2 aromatic rings. The molecule has 1 N–H and O–H groups in total. The Labute approximate surface area is 179 Å². The molecule has 0 aliphatic carbocycles. The molecular formula is C20H18F2N2O4S2. The van der Waals surface area contributed by atoms with Crippen molar-refractivity contribution in [2.45, 2.75) is 20.5 Å². The second-order valence-electron chi connectivity index (χ2n) is 6.36. The van der Waals surface area contributed by atoms with Crippen molar-refractivity contribution in [2.24, 2.45) is 0 Å². The molecule has 1 fully saturated rings. The lowest BCUT2D eigenvalue weighted by Gasteiger charge is -2.13. The summed E-state index contributed by atoms with van der Waals surface area (Å²) in [5, 5.41) is 2.30. The minimum Gasteiger partial charge on any atom is -0.435 e. The number of imide groups is 1. The third-order valence-electron chi connectivity index (χ3n) is 4.18. The molecule has 1 aliphatic rings. The zero-order valence-corrected chi connectivity index (χ0v) is 17.7. The Hall–Kier alpha value is -2.72. The van der Waals surface area contributed by atoms with E-state index in [4.69, 9.17) is 0 Å². The average Bonchev–Trinajstić information content (AvgIpc) is 3.15. The number of carbonyl (C=O) groups is 3. The number of hydrogen-bond donors (Lipinski definition) is 1. The highest BCUT2D eigenvalue weighted by Gasteiger charge is 2.34. The Kier molecular flexibility index (Phi) is 6.88. The Balaban J connectivity index is 1.58. The normalized spacial score (nSPS) is 15.4. The van der Waals surface area contributed by atoms with Crippen LogP contribution in [0.3, 0.4) is 0 Å². The number of aryl methyl sites for hydroxylation is 2. The van der Waals surface area contributed by atoms with Crippen LogP contribution >= 0.6 is 23.1 Å². The van der Waals surface area contributed by atoms with E-state index in [0.29, 0.717) is 11.1 Å². The van der Waals surface area contributed by atoms with Crippen LogP contribution in [0.5, 0.6) is 5.75 Å². The second kappa shape index (κ2) is 9.40. The monoisotopic (exact) mass is 452 g/mol. The van der Waals surface area contributed by atoms with E-state index >= 15 is 0 Å². The third-order valence-corrected chi connectivity index (χ3v) is 6.06. The smallest absolute Gasteiger partial charge is 0.387 e. The molecule has 1 aliphatic heterocycles. The lowest BCUT2D eigenvalue weighted by molar-refractivity contribution is -0.122. The number of carbonyl (C=O) groups excluding carboxylic acids is 3. The standard InChI is InChI=1S/C20H18F2N2O4S2/c1-11-9-15(12(2)29-11)17(25)23-7-8-24-18(26)16(30-20(24)27)10-13-3-5-14(6-4-13)28-19(21)22/h3-6,9-10,19H,7-8H2,1-2H3,(H,23,25). The van der Waals surface area contributed by atoms with Crippen molar-refractivity contribution in [3.8, 4) is 5.75 Å².